The molecule has 0 bridgehead atoms. The van der Waals surface area contributed by atoms with Gasteiger partial charge in [0, 0.05) is 16.5 Å². The molecular formula is C10H15BrO2S. The van der Waals surface area contributed by atoms with E-state index in [-0.39, 0.29) is 12.2 Å². The van der Waals surface area contributed by atoms with Crippen molar-refractivity contribution in [2.75, 3.05) is 7.11 Å². The van der Waals surface area contributed by atoms with E-state index in [9.17, 15) is 5.11 Å². The molecule has 1 aromatic heterocycles. The first-order valence-electron chi connectivity index (χ1n) is 4.59. The Morgan fingerprint density at radius 1 is 1.57 bits per heavy atom. The highest BCUT2D eigenvalue weighted by Gasteiger charge is 2.13. The summed E-state index contributed by atoms with van der Waals surface area (Å²) in [7, 11) is 1.69. The number of aliphatic hydroxyl groups is 1. The second kappa shape index (κ2) is 5.85. The molecule has 1 heterocycles. The van der Waals surface area contributed by atoms with Crippen molar-refractivity contribution in [1.82, 2.24) is 0 Å². The van der Waals surface area contributed by atoms with Crippen LogP contribution in [0.1, 0.15) is 30.7 Å². The zero-order chi connectivity index (χ0) is 10.6. The third kappa shape index (κ3) is 3.35. The Bertz CT molecular complexity index is 275. The summed E-state index contributed by atoms with van der Waals surface area (Å²) in [5.41, 5.74) is 0. The predicted molar refractivity (Wildman–Crippen MR) is 62.7 cm³/mol. The number of aliphatic hydroxyl groups excluding tert-OH is 1. The van der Waals surface area contributed by atoms with Gasteiger partial charge in [-0.15, -0.1) is 11.3 Å². The van der Waals surface area contributed by atoms with Gasteiger partial charge in [0.15, 0.2) is 0 Å². The fourth-order valence-corrected chi connectivity index (χ4v) is 2.84. The third-order valence-corrected chi connectivity index (χ3v) is 4.17. The smallest absolute Gasteiger partial charge is 0.0894 e. The van der Waals surface area contributed by atoms with Gasteiger partial charge in [-0.2, -0.15) is 0 Å². The van der Waals surface area contributed by atoms with E-state index in [0.717, 1.165) is 22.2 Å². The maximum atomic E-state index is 9.86. The van der Waals surface area contributed by atoms with Gasteiger partial charge in [0.25, 0.3) is 0 Å². The van der Waals surface area contributed by atoms with E-state index in [4.69, 9.17) is 4.74 Å². The molecule has 0 amide bonds. The van der Waals surface area contributed by atoms with Gasteiger partial charge in [0.2, 0.25) is 0 Å². The SMILES string of the molecule is COC(C)CCC(O)c1sccc1Br. The van der Waals surface area contributed by atoms with Gasteiger partial charge in [0.05, 0.1) is 12.2 Å². The third-order valence-electron chi connectivity index (χ3n) is 2.20. The first-order chi connectivity index (χ1) is 6.65. The standard InChI is InChI=1S/C10H15BrO2S/c1-7(13-2)3-4-9(12)10-8(11)5-6-14-10/h5-7,9,12H,3-4H2,1-2H3. The molecule has 2 unspecified atom stereocenters. The summed E-state index contributed by atoms with van der Waals surface area (Å²) in [4.78, 5) is 1.01. The number of hydrogen-bond acceptors (Lipinski definition) is 3. The molecule has 1 N–H and O–H groups in total. The number of methoxy groups -OCH3 is 1. The second-order valence-electron chi connectivity index (χ2n) is 3.27. The van der Waals surface area contributed by atoms with E-state index >= 15 is 0 Å². The zero-order valence-electron chi connectivity index (χ0n) is 8.37. The Morgan fingerprint density at radius 2 is 2.29 bits per heavy atom. The van der Waals surface area contributed by atoms with Gasteiger partial charge in [-0.25, -0.2) is 0 Å². The van der Waals surface area contributed by atoms with Crippen LogP contribution in [0.4, 0.5) is 0 Å². The van der Waals surface area contributed by atoms with Gasteiger partial charge in [-0.05, 0) is 47.1 Å². The van der Waals surface area contributed by atoms with Crippen molar-refractivity contribution in [3.8, 4) is 0 Å². The lowest BCUT2D eigenvalue weighted by atomic mass is 10.1. The molecule has 80 valence electrons. The van der Waals surface area contributed by atoms with Crippen molar-refractivity contribution in [2.24, 2.45) is 0 Å². The van der Waals surface area contributed by atoms with Crippen molar-refractivity contribution in [1.29, 1.82) is 0 Å². The number of hydrogen-bond donors (Lipinski definition) is 1. The van der Waals surface area contributed by atoms with E-state index in [1.807, 2.05) is 18.4 Å². The minimum atomic E-state index is -0.373. The van der Waals surface area contributed by atoms with Gasteiger partial charge in [-0.1, -0.05) is 0 Å². The van der Waals surface area contributed by atoms with Crippen molar-refractivity contribution >= 4 is 27.3 Å². The Balaban J connectivity index is 2.43. The topological polar surface area (TPSA) is 29.5 Å². The Labute approximate surface area is 97.0 Å². The molecule has 1 aromatic rings. The van der Waals surface area contributed by atoms with Crippen LogP contribution >= 0.6 is 27.3 Å². The molecule has 0 saturated carbocycles. The lowest BCUT2D eigenvalue weighted by molar-refractivity contribution is 0.0858. The van der Waals surface area contributed by atoms with Crippen LogP contribution in [-0.4, -0.2) is 18.3 Å². The van der Waals surface area contributed by atoms with Crippen LogP contribution < -0.4 is 0 Å². The molecule has 0 aliphatic carbocycles. The molecular weight excluding hydrogens is 264 g/mol. The quantitative estimate of drug-likeness (QED) is 0.895. The van der Waals surface area contributed by atoms with Crippen LogP contribution in [0.3, 0.4) is 0 Å². The van der Waals surface area contributed by atoms with Crippen molar-refractivity contribution in [3.05, 3.63) is 20.8 Å². The largest absolute Gasteiger partial charge is 0.388 e. The van der Waals surface area contributed by atoms with E-state index in [1.54, 1.807) is 18.4 Å². The molecule has 0 aliphatic rings. The summed E-state index contributed by atoms with van der Waals surface area (Å²) in [6, 6.07) is 1.96. The van der Waals surface area contributed by atoms with Crippen LogP contribution in [0.25, 0.3) is 0 Å². The molecule has 4 heteroatoms. The number of ether oxygens (including phenoxy) is 1. The summed E-state index contributed by atoms with van der Waals surface area (Å²) in [5.74, 6) is 0. The summed E-state index contributed by atoms with van der Waals surface area (Å²) in [6.45, 7) is 2.01. The molecule has 0 aliphatic heterocycles. The molecule has 0 spiro atoms. The molecule has 0 saturated heterocycles. The highest BCUT2D eigenvalue weighted by atomic mass is 79.9. The van der Waals surface area contributed by atoms with Crippen molar-refractivity contribution in [3.63, 3.8) is 0 Å². The fourth-order valence-electron chi connectivity index (χ4n) is 1.18. The Hall–Kier alpha value is 0.100. The van der Waals surface area contributed by atoms with Crippen LogP contribution in [-0.2, 0) is 4.74 Å². The monoisotopic (exact) mass is 278 g/mol. The van der Waals surface area contributed by atoms with Crippen LogP contribution in [0, 0.1) is 0 Å². The van der Waals surface area contributed by atoms with Crippen LogP contribution in [0.2, 0.25) is 0 Å². The Kier molecular flexibility index (Phi) is 5.09. The summed E-state index contributed by atoms with van der Waals surface area (Å²) in [6.07, 6.45) is 1.46. The van der Waals surface area contributed by atoms with E-state index in [2.05, 4.69) is 15.9 Å². The van der Waals surface area contributed by atoms with Crippen molar-refractivity contribution in [2.45, 2.75) is 32.0 Å². The zero-order valence-corrected chi connectivity index (χ0v) is 10.8. The second-order valence-corrected chi connectivity index (χ2v) is 5.07. The summed E-state index contributed by atoms with van der Waals surface area (Å²) < 4.78 is 6.13. The minimum absolute atomic E-state index is 0.211. The van der Waals surface area contributed by atoms with Crippen LogP contribution in [0.15, 0.2) is 15.9 Å². The molecule has 2 nitrogen and oxygen atoms in total. The van der Waals surface area contributed by atoms with E-state index in [0.29, 0.717) is 0 Å². The predicted octanol–water partition coefficient (Wildman–Crippen LogP) is 3.36. The minimum Gasteiger partial charge on any atom is -0.388 e. The lowest BCUT2D eigenvalue weighted by Gasteiger charge is -2.13. The number of thiophene rings is 1. The van der Waals surface area contributed by atoms with Gasteiger partial charge in [-0.3, -0.25) is 0 Å². The molecule has 0 aromatic carbocycles. The van der Waals surface area contributed by atoms with Gasteiger partial charge in [0.1, 0.15) is 0 Å². The molecule has 14 heavy (non-hydrogen) atoms. The molecule has 1 rings (SSSR count). The molecule has 2 atom stereocenters. The Morgan fingerprint density at radius 3 is 2.79 bits per heavy atom. The first-order valence-corrected chi connectivity index (χ1v) is 6.26. The summed E-state index contributed by atoms with van der Waals surface area (Å²) >= 11 is 4.99. The fraction of sp³-hybridized carbons (Fsp3) is 0.600. The molecule has 0 radical (unpaired) electrons. The highest BCUT2D eigenvalue weighted by molar-refractivity contribution is 9.10. The first kappa shape index (κ1) is 12.2. The van der Waals surface area contributed by atoms with Crippen molar-refractivity contribution < 1.29 is 9.84 Å². The molecule has 0 fully saturated rings. The van der Waals surface area contributed by atoms with Gasteiger partial charge >= 0.3 is 0 Å². The highest BCUT2D eigenvalue weighted by Crippen LogP contribution is 2.31. The van der Waals surface area contributed by atoms with E-state index < -0.39 is 0 Å². The normalized spacial score (nSPS) is 15.4. The summed E-state index contributed by atoms with van der Waals surface area (Å²) in [5, 5.41) is 11.8. The maximum absolute atomic E-state index is 9.86. The average Bonchev–Trinajstić information content (AvgIpc) is 2.60. The average molecular weight is 279 g/mol. The maximum Gasteiger partial charge on any atom is 0.0894 e. The van der Waals surface area contributed by atoms with E-state index in [1.165, 1.54) is 0 Å². The number of rotatable bonds is 5. The number of halogens is 1. The van der Waals surface area contributed by atoms with Gasteiger partial charge < -0.3 is 9.84 Å². The van der Waals surface area contributed by atoms with Crippen LogP contribution in [0.5, 0.6) is 0 Å². The lowest BCUT2D eigenvalue weighted by Crippen LogP contribution is -2.07.